The van der Waals surface area contributed by atoms with Gasteiger partial charge in [-0.25, -0.2) is 4.21 Å². The molecule has 5 fully saturated rings. The van der Waals surface area contributed by atoms with Crippen molar-refractivity contribution in [3.63, 3.8) is 0 Å². The van der Waals surface area contributed by atoms with E-state index >= 15 is 0 Å². The highest BCUT2D eigenvalue weighted by atomic mass is 32.2. The SMILES string of the molecule is CN1CCC(S(=O)OC2CCC3(C)C(CCC4C5CCC(=O)C5(C)CCC43)C2)CC1. The van der Waals surface area contributed by atoms with E-state index in [9.17, 15) is 9.00 Å². The molecule has 170 valence electrons. The van der Waals surface area contributed by atoms with E-state index in [0.29, 0.717) is 23.0 Å². The van der Waals surface area contributed by atoms with E-state index in [4.69, 9.17) is 4.18 Å². The van der Waals surface area contributed by atoms with Gasteiger partial charge in [0.15, 0.2) is 11.1 Å². The van der Waals surface area contributed by atoms with Gasteiger partial charge in [-0.3, -0.25) is 8.98 Å². The van der Waals surface area contributed by atoms with E-state index in [2.05, 4.69) is 25.8 Å². The molecule has 30 heavy (non-hydrogen) atoms. The van der Waals surface area contributed by atoms with Gasteiger partial charge in [-0.1, -0.05) is 13.8 Å². The molecular formula is C25H41NO3S. The zero-order valence-corrected chi connectivity index (χ0v) is 20.1. The number of hydrogen-bond donors (Lipinski definition) is 0. The standard InChI is InChI=1S/C25H41NO3S/c1-24-12-8-18(29-30(28)19-10-14-26(3)15-11-19)16-17(24)4-5-20-21-6-7-23(27)25(21,2)13-9-22(20)24/h17-22H,4-16H2,1-3H3. The van der Waals surface area contributed by atoms with Crippen molar-refractivity contribution in [3.05, 3.63) is 0 Å². The Bertz CT molecular complexity index is 705. The van der Waals surface area contributed by atoms with Gasteiger partial charge in [0.25, 0.3) is 0 Å². The first kappa shape index (κ1) is 21.6. The van der Waals surface area contributed by atoms with Crippen LogP contribution >= 0.6 is 0 Å². The van der Waals surface area contributed by atoms with E-state index in [-0.39, 0.29) is 16.8 Å². The highest BCUT2D eigenvalue weighted by Gasteiger charge is 2.60. The van der Waals surface area contributed by atoms with Crippen molar-refractivity contribution in [1.29, 1.82) is 0 Å². The minimum atomic E-state index is -1.13. The fourth-order valence-electron chi connectivity index (χ4n) is 8.47. The summed E-state index contributed by atoms with van der Waals surface area (Å²) in [6.07, 6.45) is 12.4. The fraction of sp³-hybridized carbons (Fsp3) is 0.960. The zero-order chi connectivity index (χ0) is 21.1. The third-order valence-electron chi connectivity index (χ3n) is 10.5. The molecule has 8 atom stereocenters. The number of hydrogen-bond acceptors (Lipinski definition) is 4. The third kappa shape index (κ3) is 3.46. The number of fused-ring (bicyclic) bond motifs is 5. The van der Waals surface area contributed by atoms with E-state index in [0.717, 1.165) is 69.9 Å². The Morgan fingerprint density at radius 1 is 0.967 bits per heavy atom. The molecular weight excluding hydrogens is 394 g/mol. The predicted molar refractivity (Wildman–Crippen MR) is 120 cm³/mol. The van der Waals surface area contributed by atoms with Gasteiger partial charge >= 0.3 is 0 Å². The van der Waals surface area contributed by atoms with E-state index in [1.807, 2.05) is 0 Å². The molecule has 5 heteroatoms. The molecule has 0 aromatic carbocycles. The van der Waals surface area contributed by atoms with Gasteiger partial charge < -0.3 is 4.90 Å². The first-order valence-electron chi connectivity index (χ1n) is 12.6. The summed E-state index contributed by atoms with van der Waals surface area (Å²) in [5, 5.41) is 0.223. The third-order valence-corrected chi connectivity index (χ3v) is 12.0. The molecule has 4 aliphatic carbocycles. The van der Waals surface area contributed by atoms with Crippen LogP contribution in [0.25, 0.3) is 0 Å². The summed E-state index contributed by atoms with van der Waals surface area (Å²) in [4.78, 5) is 14.9. The number of ketones is 1. The Hall–Kier alpha value is -0.260. The molecule has 0 radical (unpaired) electrons. The molecule has 1 saturated heterocycles. The van der Waals surface area contributed by atoms with Crippen LogP contribution in [0.15, 0.2) is 0 Å². The molecule has 0 bridgehead atoms. The number of nitrogens with zero attached hydrogens (tertiary/aromatic N) is 1. The number of carbonyl (C=O) groups is 1. The number of rotatable bonds is 3. The fourth-order valence-corrected chi connectivity index (χ4v) is 9.66. The number of piperidine rings is 1. The summed E-state index contributed by atoms with van der Waals surface area (Å²) in [7, 11) is 2.15. The maximum absolute atomic E-state index is 12.9. The molecule has 0 amide bonds. The average Bonchev–Trinajstić information content (AvgIpc) is 3.03. The van der Waals surface area contributed by atoms with Crippen LogP contribution in [0.5, 0.6) is 0 Å². The molecule has 8 unspecified atom stereocenters. The topological polar surface area (TPSA) is 46.6 Å². The quantitative estimate of drug-likeness (QED) is 0.642. The summed E-state index contributed by atoms with van der Waals surface area (Å²) in [6.45, 7) is 6.91. The Labute approximate surface area is 185 Å². The molecule has 0 N–H and O–H groups in total. The summed E-state index contributed by atoms with van der Waals surface area (Å²) in [5.41, 5.74) is 0.375. The predicted octanol–water partition coefficient (Wildman–Crippen LogP) is 4.74. The second kappa shape index (κ2) is 7.95. The van der Waals surface area contributed by atoms with Gasteiger partial charge in [-0.15, -0.1) is 0 Å². The van der Waals surface area contributed by atoms with Crippen LogP contribution in [0.2, 0.25) is 0 Å². The van der Waals surface area contributed by atoms with Crippen molar-refractivity contribution in [2.45, 2.75) is 95.8 Å². The van der Waals surface area contributed by atoms with Gasteiger partial charge in [-0.05, 0) is 113 Å². The maximum Gasteiger partial charge on any atom is 0.159 e. The van der Waals surface area contributed by atoms with Crippen molar-refractivity contribution in [2.75, 3.05) is 20.1 Å². The van der Waals surface area contributed by atoms with Gasteiger partial charge in [-0.2, -0.15) is 0 Å². The molecule has 5 rings (SSSR count). The van der Waals surface area contributed by atoms with Crippen molar-refractivity contribution in [1.82, 2.24) is 4.90 Å². The lowest BCUT2D eigenvalue weighted by atomic mass is 9.45. The Morgan fingerprint density at radius 3 is 2.50 bits per heavy atom. The Morgan fingerprint density at radius 2 is 1.73 bits per heavy atom. The summed E-state index contributed by atoms with van der Waals surface area (Å²) in [6, 6.07) is 0. The maximum atomic E-state index is 12.9. The number of carbonyl (C=O) groups excluding carboxylic acids is 1. The van der Waals surface area contributed by atoms with Crippen LogP contribution in [0, 0.1) is 34.5 Å². The Balaban J connectivity index is 1.23. The largest absolute Gasteiger partial charge is 0.306 e. The lowest BCUT2D eigenvalue weighted by Gasteiger charge is -2.60. The van der Waals surface area contributed by atoms with Crippen LogP contribution in [-0.4, -0.2) is 46.4 Å². The van der Waals surface area contributed by atoms with Crippen LogP contribution in [0.4, 0.5) is 0 Å². The molecule has 4 saturated carbocycles. The second-order valence-corrected chi connectivity index (χ2v) is 13.2. The lowest BCUT2D eigenvalue weighted by molar-refractivity contribution is -0.141. The van der Waals surface area contributed by atoms with Crippen molar-refractivity contribution in [3.8, 4) is 0 Å². The zero-order valence-electron chi connectivity index (χ0n) is 19.2. The van der Waals surface area contributed by atoms with Crippen LogP contribution in [0.3, 0.4) is 0 Å². The van der Waals surface area contributed by atoms with Crippen LogP contribution in [-0.2, 0) is 20.1 Å². The van der Waals surface area contributed by atoms with Crippen LogP contribution < -0.4 is 0 Å². The number of Topliss-reactive ketones (excluding diaryl/α,β-unsaturated/α-hetero) is 1. The molecule has 0 spiro atoms. The van der Waals surface area contributed by atoms with Crippen molar-refractivity contribution >= 4 is 16.9 Å². The summed E-state index contributed by atoms with van der Waals surface area (Å²) in [5.74, 6) is 3.41. The summed E-state index contributed by atoms with van der Waals surface area (Å²) < 4.78 is 19.1. The monoisotopic (exact) mass is 435 g/mol. The van der Waals surface area contributed by atoms with Gasteiger partial charge in [0.1, 0.15) is 5.78 Å². The number of likely N-dealkylation sites (tertiary alicyclic amines) is 1. The minimum Gasteiger partial charge on any atom is -0.306 e. The average molecular weight is 436 g/mol. The molecule has 1 aliphatic heterocycles. The van der Waals surface area contributed by atoms with E-state index in [1.165, 1.54) is 25.7 Å². The van der Waals surface area contributed by atoms with Crippen molar-refractivity contribution in [2.24, 2.45) is 34.5 Å². The van der Waals surface area contributed by atoms with Crippen LogP contribution in [0.1, 0.15) is 84.5 Å². The highest BCUT2D eigenvalue weighted by molar-refractivity contribution is 7.80. The first-order valence-corrected chi connectivity index (χ1v) is 13.7. The molecule has 4 nitrogen and oxygen atoms in total. The molecule has 0 aromatic heterocycles. The van der Waals surface area contributed by atoms with E-state index in [1.54, 1.807) is 0 Å². The van der Waals surface area contributed by atoms with Gasteiger partial charge in [0.05, 0.1) is 11.4 Å². The van der Waals surface area contributed by atoms with E-state index < -0.39 is 11.1 Å². The van der Waals surface area contributed by atoms with Crippen molar-refractivity contribution < 1.29 is 13.2 Å². The first-order chi connectivity index (χ1) is 14.3. The van der Waals surface area contributed by atoms with Gasteiger partial charge in [0, 0.05) is 11.8 Å². The minimum absolute atomic E-state index is 0.0182. The normalized spacial score (nSPS) is 48.6. The summed E-state index contributed by atoms with van der Waals surface area (Å²) >= 11 is -1.13. The van der Waals surface area contributed by atoms with Gasteiger partial charge in [0.2, 0.25) is 0 Å². The Kier molecular flexibility index (Phi) is 5.72. The molecule has 1 heterocycles. The lowest BCUT2D eigenvalue weighted by Crippen LogP contribution is -2.54. The molecule has 5 aliphatic rings. The smallest absolute Gasteiger partial charge is 0.159 e. The highest BCUT2D eigenvalue weighted by Crippen LogP contribution is 2.65. The molecule has 0 aromatic rings. The second-order valence-electron chi connectivity index (χ2n) is 11.8.